The van der Waals surface area contributed by atoms with Crippen LogP contribution in [0.3, 0.4) is 0 Å². The molecule has 3 N–H and O–H groups in total. The third-order valence-electron chi connectivity index (χ3n) is 2.80. The van der Waals surface area contributed by atoms with Crippen molar-refractivity contribution in [3.8, 4) is 0 Å². The van der Waals surface area contributed by atoms with Gasteiger partial charge >= 0.3 is 0 Å². The summed E-state index contributed by atoms with van der Waals surface area (Å²) < 4.78 is 0. The molecular weight excluding hydrogens is 233 g/mol. The predicted octanol–water partition coefficient (Wildman–Crippen LogP) is 2.76. The van der Waals surface area contributed by atoms with Gasteiger partial charge in [-0.3, -0.25) is 0 Å². The molecule has 15 heavy (non-hydrogen) atoms. The highest BCUT2D eigenvalue weighted by Crippen LogP contribution is 2.37. The molecule has 1 aromatic carbocycles. The lowest BCUT2D eigenvalue weighted by Crippen LogP contribution is -2.27. The van der Waals surface area contributed by atoms with Crippen LogP contribution in [-0.4, -0.2) is 11.2 Å². The van der Waals surface area contributed by atoms with Crippen LogP contribution < -0.4 is 5.73 Å². The third-order valence-corrected chi connectivity index (χ3v) is 3.54. The van der Waals surface area contributed by atoms with Gasteiger partial charge in [-0.2, -0.15) is 0 Å². The van der Waals surface area contributed by atoms with Crippen molar-refractivity contribution in [3.63, 3.8) is 0 Å². The van der Waals surface area contributed by atoms with Gasteiger partial charge in [0.25, 0.3) is 0 Å². The van der Waals surface area contributed by atoms with E-state index in [4.69, 9.17) is 28.9 Å². The first-order valence-electron chi connectivity index (χ1n) is 4.98. The van der Waals surface area contributed by atoms with E-state index in [2.05, 4.69) is 0 Å². The monoisotopic (exact) mass is 245 g/mol. The van der Waals surface area contributed by atoms with Gasteiger partial charge in [-0.05, 0) is 36.5 Å². The van der Waals surface area contributed by atoms with Crippen LogP contribution in [0.15, 0.2) is 18.2 Å². The predicted molar refractivity (Wildman–Crippen MR) is 62.1 cm³/mol. The zero-order valence-corrected chi connectivity index (χ0v) is 9.67. The average Bonchev–Trinajstić information content (AvgIpc) is 3.03. The summed E-state index contributed by atoms with van der Waals surface area (Å²) in [6, 6.07) is 4.87. The maximum atomic E-state index is 9.87. The van der Waals surface area contributed by atoms with Gasteiger partial charge in [0.05, 0.1) is 22.2 Å². The van der Waals surface area contributed by atoms with E-state index in [1.807, 2.05) is 6.07 Å². The molecule has 0 amide bonds. The number of rotatable bonds is 3. The molecule has 4 heteroatoms. The van der Waals surface area contributed by atoms with Crippen molar-refractivity contribution in [1.82, 2.24) is 0 Å². The summed E-state index contributed by atoms with van der Waals surface area (Å²) in [6.45, 7) is 0. The van der Waals surface area contributed by atoms with Crippen molar-refractivity contribution in [2.24, 2.45) is 11.7 Å². The molecule has 0 heterocycles. The van der Waals surface area contributed by atoms with E-state index in [-0.39, 0.29) is 6.04 Å². The molecule has 1 aliphatic rings. The van der Waals surface area contributed by atoms with Gasteiger partial charge in [0.2, 0.25) is 0 Å². The van der Waals surface area contributed by atoms with Crippen LogP contribution in [0.4, 0.5) is 0 Å². The van der Waals surface area contributed by atoms with E-state index in [0.29, 0.717) is 16.0 Å². The first-order valence-corrected chi connectivity index (χ1v) is 5.74. The van der Waals surface area contributed by atoms with Crippen LogP contribution in [0.1, 0.15) is 24.4 Å². The minimum atomic E-state index is -0.470. The highest BCUT2D eigenvalue weighted by Gasteiger charge is 2.34. The SMILES string of the molecule is N[C@H](c1ccc(Cl)c(Cl)c1)[C@@H](O)C1CC1. The van der Waals surface area contributed by atoms with Crippen LogP contribution >= 0.6 is 23.2 Å². The average molecular weight is 246 g/mol. The minimum absolute atomic E-state index is 0.356. The summed E-state index contributed by atoms with van der Waals surface area (Å²) in [6.07, 6.45) is 1.66. The summed E-state index contributed by atoms with van der Waals surface area (Å²) >= 11 is 11.7. The molecule has 0 aromatic heterocycles. The topological polar surface area (TPSA) is 46.2 Å². The van der Waals surface area contributed by atoms with E-state index in [0.717, 1.165) is 18.4 Å². The molecule has 1 aromatic rings. The van der Waals surface area contributed by atoms with E-state index >= 15 is 0 Å². The first kappa shape index (κ1) is 11.2. The quantitative estimate of drug-likeness (QED) is 0.861. The van der Waals surface area contributed by atoms with Gasteiger partial charge < -0.3 is 10.8 Å². The summed E-state index contributed by atoms with van der Waals surface area (Å²) in [5.74, 6) is 0.356. The smallest absolute Gasteiger partial charge is 0.0760 e. The molecule has 2 rings (SSSR count). The van der Waals surface area contributed by atoms with Crippen molar-refractivity contribution in [2.45, 2.75) is 25.0 Å². The summed E-state index contributed by atoms with van der Waals surface area (Å²) in [5, 5.41) is 10.9. The number of aliphatic hydroxyl groups is 1. The lowest BCUT2D eigenvalue weighted by atomic mass is 9.99. The molecule has 0 radical (unpaired) electrons. The Kier molecular flexibility index (Phi) is 3.21. The fourth-order valence-electron chi connectivity index (χ4n) is 1.65. The van der Waals surface area contributed by atoms with Crippen molar-refractivity contribution in [2.75, 3.05) is 0 Å². The number of aliphatic hydroxyl groups excluding tert-OH is 1. The molecule has 1 fully saturated rings. The van der Waals surface area contributed by atoms with Crippen LogP contribution in [-0.2, 0) is 0 Å². The number of nitrogens with two attached hydrogens (primary N) is 1. The van der Waals surface area contributed by atoms with Gasteiger partial charge in [-0.25, -0.2) is 0 Å². The molecule has 0 unspecified atom stereocenters. The van der Waals surface area contributed by atoms with Crippen molar-refractivity contribution < 1.29 is 5.11 Å². The van der Waals surface area contributed by atoms with Crippen molar-refractivity contribution in [1.29, 1.82) is 0 Å². The number of hydrogen-bond donors (Lipinski definition) is 2. The van der Waals surface area contributed by atoms with Crippen LogP contribution in [0.5, 0.6) is 0 Å². The second-order valence-electron chi connectivity index (χ2n) is 4.03. The van der Waals surface area contributed by atoms with Gasteiger partial charge in [-0.15, -0.1) is 0 Å². The summed E-state index contributed by atoms with van der Waals surface area (Å²) in [7, 11) is 0. The lowest BCUT2D eigenvalue weighted by Gasteiger charge is -2.19. The molecule has 2 atom stereocenters. The normalized spacial score (nSPS) is 20.0. The minimum Gasteiger partial charge on any atom is -0.391 e. The molecule has 1 saturated carbocycles. The Morgan fingerprint density at radius 2 is 1.93 bits per heavy atom. The highest BCUT2D eigenvalue weighted by atomic mass is 35.5. The molecule has 0 bridgehead atoms. The maximum absolute atomic E-state index is 9.87. The van der Waals surface area contributed by atoms with Crippen LogP contribution in [0.2, 0.25) is 10.0 Å². The Morgan fingerprint density at radius 3 is 2.47 bits per heavy atom. The fraction of sp³-hybridized carbons (Fsp3) is 0.455. The third kappa shape index (κ3) is 2.45. The first-order chi connectivity index (χ1) is 7.09. The standard InChI is InChI=1S/C11H13Cl2NO/c12-8-4-3-7(5-9(8)13)10(14)11(15)6-1-2-6/h3-6,10-11,15H,1-2,14H2/t10-,11+/m1/s1. The molecule has 0 spiro atoms. The molecular formula is C11H13Cl2NO. The Labute approximate surface area is 99.0 Å². The van der Waals surface area contributed by atoms with Gasteiger partial charge in [0.1, 0.15) is 0 Å². The Hall–Kier alpha value is -0.280. The van der Waals surface area contributed by atoms with E-state index in [9.17, 15) is 5.11 Å². The zero-order valence-electron chi connectivity index (χ0n) is 8.16. The lowest BCUT2D eigenvalue weighted by molar-refractivity contribution is 0.122. The van der Waals surface area contributed by atoms with Crippen molar-refractivity contribution in [3.05, 3.63) is 33.8 Å². The summed E-state index contributed by atoms with van der Waals surface area (Å²) in [5.41, 5.74) is 6.78. The maximum Gasteiger partial charge on any atom is 0.0760 e. The Morgan fingerprint density at radius 1 is 1.27 bits per heavy atom. The van der Waals surface area contributed by atoms with Crippen molar-refractivity contribution >= 4 is 23.2 Å². The largest absolute Gasteiger partial charge is 0.391 e. The molecule has 82 valence electrons. The number of benzene rings is 1. The Balaban J connectivity index is 2.17. The van der Waals surface area contributed by atoms with E-state index < -0.39 is 6.10 Å². The zero-order chi connectivity index (χ0) is 11.0. The Bertz CT molecular complexity index is 366. The van der Waals surface area contributed by atoms with E-state index in [1.165, 1.54) is 0 Å². The molecule has 0 saturated heterocycles. The van der Waals surface area contributed by atoms with Crippen LogP contribution in [0.25, 0.3) is 0 Å². The molecule has 0 aliphatic heterocycles. The fourth-order valence-corrected chi connectivity index (χ4v) is 1.95. The molecule has 2 nitrogen and oxygen atoms in total. The second kappa shape index (κ2) is 4.30. The highest BCUT2D eigenvalue weighted by molar-refractivity contribution is 6.42. The number of halogens is 2. The van der Waals surface area contributed by atoms with Gasteiger partial charge in [0.15, 0.2) is 0 Å². The van der Waals surface area contributed by atoms with E-state index in [1.54, 1.807) is 12.1 Å². The summed E-state index contributed by atoms with van der Waals surface area (Å²) in [4.78, 5) is 0. The van der Waals surface area contributed by atoms with Gasteiger partial charge in [0, 0.05) is 0 Å². The van der Waals surface area contributed by atoms with Gasteiger partial charge in [-0.1, -0.05) is 29.3 Å². The van der Waals surface area contributed by atoms with Crippen LogP contribution in [0, 0.1) is 5.92 Å². The second-order valence-corrected chi connectivity index (χ2v) is 4.84. The number of hydrogen-bond acceptors (Lipinski definition) is 2. The molecule has 1 aliphatic carbocycles.